The summed E-state index contributed by atoms with van der Waals surface area (Å²) in [6.07, 6.45) is 3.84. The van der Waals surface area contributed by atoms with E-state index in [2.05, 4.69) is 25.5 Å². The van der Waals surface area contributed by atoms with Crippen LogP contribution in [-0.4, -0.2) is 49.9 Å². The zero-order chi connectivity index (χ0) is 18.3. The molecule has 0 spiro atoms. The van der Waals surface area contributed by atoms with Crippen molar-refractivity contribution < 1.29 is 9.32 Å². The summed E-state index contributed by atoms with van der Waals surface area (Å²) in [4.78, 5) is 19.1. The highest BCUT2D eigenvalue weighted by Gasteiger charge is 2.39. The van der Waals surface area contributed by atoms with Gasteiger partial charge in [-0.05, 0) is 18.9 Å². The van der Waals surface area contributed by atoms with E-state index in [4.69, 9.17) is 4.52 Å². The third-order valence-electron chi connectivity index (χ3n) is 5.25. The lowest BCUT2D eigenvalue weighted by Gasteiger charge is -2.20. The van der Waals surface area contributed by atoms with Gasteiger partial charge in [0.2, 0.25) is 11.8 Å². The molecule has 8 heteroatoms. The van der Waals surface area contributed by atoms with E-state index in [0.29, 0.717) is 18.3 Å². The van der Waals surface area contributed by atoms with Crippen LogP contribution in [0.15, 0.2) is 16.8 Å². The highest BCUT2D eigenvalue weighted by Crippen LogP contribution is 2.32. The van der Waals surface area contributed by atoms with Crippen LogP contribution in [0.25, 0.3) is 0 Å². The second-order valence-corrected chi connectivity index (χ2v) is 7.77. The van der Waals surface area contributed by atoms with Gasteiger partial charge in [-0.2, -0.15) is 10.1 Å². The first kappa shape index (κ1) is 17.2. The van der Waals surface area contributed by atoms with Crippen molar-refractivity contribution in [2.24, 2.45) is 13.0 Å². The number of amides is 1. The minimum atomic E-state index is 0.0787. The summed E-state index contributed by atoms with van der Waals surface area (Å²) in [5.41, 5.74) is 1.14. The molecule has 1 amide bonds. The standard InChI is InChI=1S/C18H26N6O2/c1-11(2)18-21-16(22-26-18)10-24-8-13(15-6-7-19-23(15)3)14(9-24)20-17(25)12-4-5-12/h6-7,11-14H,4-5,8-10H2,1-3H3,(H,20,25)/t13-,14-/m1/s1. The quantitative estimate of drug-likeness (QED) is 0.840. The number of rotatable bonds is 6. The van der Waals surface area contributed by atoms with Gasteiger partial charge in [-0.3, -0.25) is 14.4 Å². The fourth-order valence-corrected chi connectivity index (χ4v) is 3.62. The van der Waals surface area contributed by atoms with E-state index < -0.39 is 0 Å². The number of nitrogens with one attached hydrogen (secondary N) is 1. The van der Waals surface area contributed by atoms with Crippen LogP contribution in [0, 0.1) is 5.92 Å². The topological polar surface area (TPSA) is 89.1 Å². The smallest absolute Gasteiger partial charge is 0.229 e. The molecule has 0 aromatic carbocycles. The van der Waals surface area contributed by atoms with Crippen molar-refractivity contribution >= 4 is 5.91 Å². The molecule has 2 aliphatic rings. The molecule has 2 aromatic heterocycles. The van der Waals surface area contributed by atoms with Crippen molar-refractivity contribution in [3.05, 3.63) is 29.7 Å². The Labute approximate surface area is 152 Å². The van der Waals surface area contributed by atoms with Crippen LogP contribution in [0.2, 0.25) is 0 Å². The number of carbonyl (C=O) groups is 1. The molecule has 8 nitrogen and oxygen atoms in total. The van der Waals surface area contributed by atoms with Gasteiger partial charge in [0.15, 0.2) is 5.82 Å². The van der Waals surface area contributed by atoms with Gasteiger partial charge in [0.25, 0.3) is 0 Å². The largest absolute Gasteiger partial charge is 0.351 e. The van der Waals surface area contributed by atoms with Crippen LogP contribution in [-0.2, 0) is 18.4 Å². The second-order valence-electron chi connectivity index (χ2n) is 7.77. The molecule has 1 N–H and O–H groups in total. The van der Waals surface area contributed by atoms with Gasteiger partial charge in [-0.1, -0.05) is 19.0 Å². The van der Waals surface area contributed by atoms with Gasteiger partial charge in [-0.25, -0.2) is 0 Å². The highest BCUT2D eigenvalue weighted by atomic mass is 16.5. The monoisotopic (exact) mass is 358 g/mol. The first-order valence-corrected chi connectivity index (χ1v) is 9.34. The maximum atomic E-state index is 12.3. The minimum absolute atomic E-state index is 0.0787. The van der Waals surface area contributed by atoms with Gasteiger partial charge < -0.3 is 9.84 Å². The van der Waals surface area contributed by atoms with Crippen molar-refractivity contribution in [3.8, 4) is 0 Å². The number of aryl methyl sites for hydroxylation is 1. The molecule has 2 aromatic rings. The molecular formula is C18H26N6O2. The van der Waals surface area contributed by atoms with E-state index in [1.807, 2.05) is 37.8 Å². The average Bonchev–Trinajstić information content (AvgIpc) is 3.00. The summed E-state index contributed by atoms with van der Waals surface area (Å²) in [6.45, 7) is 6.31. The molecule has 1 saturated heterocycles. The Bertz CT molecular complexity index is 778. The fraction of sp³-hybridized carbons (Fsp3) is 0.667. The Balaban J connectivity index is 1.48. The Morgan fingerprint density at radius 3 is 2.81 bits per heavy atom. The predicted octanol–water partition coefficient (Wildman–Crippen LogP) is 1.42. The Morgan fingerprint density at radius 2 is 2.19 bits per heavy atom. The predicted molar refractivity (Wildman–Crippen MR) is 94.3 cm³/mol. The van der Waals surface area contributed by atoms with Gasteiger partial charge >= 0.3 is 0 Å². The van der Waals surface area contributed by atoms with Crippen molar-refractivity contribution in [1.29, 1.82) is 0 Å². The van der Waals surface area contributed by atoms with Crippen molar-refractivity contribution in [2.75, 3.05) is 13.1 Å². The van der Waals surface area contributed by atoms with Gasteiger partial charge in [0.05, 0.1) is 12.6 Å². The van der Waals surface area contributed by atoms with Crippen LogP contribution in [0.5, 0.6) is 0 Å². The van der Waals surface area contributed by atoms with Crippen molar-refractivity contribution in [2.45, 2.75) is 51.1 Å². The summed E-state index contributed by atoms with van der Waals surface area (Å²) >= 11 is 0. The molecule has 1 aliphatic carbocycles. The summed E-state index contributed by atoms with van der Waals surface area (Å²) in [6, 6.07) is 2.12. The molecule has 0 radical (unpaired) electrons. The summed E-state index contributed by atoms with van der Waals surface area (Å²) < 4.78 is 7.21. The van der Waals surface area contributed by atoms with Crippen LogP contribution in [0.4, 0.5) is 0 Å². The number of nitrogens with zero attached hydrogens (tertiary/aromatic N) is 5. The number of likely N-dealkylation sites (tertiary alicyclic amines) is 1. The normalized spacial score (nSPS) is 23.7. The number of hydrogen-bond donors (Lipinski definition) is 1. The molecule has 140 valence electrons. The lowest BCUT2D eigenvalue weighted by atomic mass is 9.99. The van der Waals surface area contributed by atoms with Crippen LogP contribution < -0.4 is 5.32 Å². The van der Waals surface area contributed by atoms with Crippen LogP contribution in [0.1, 0.15) is 55.9 Å². The molecule has 2 fully saturated rings. The lowest BCUT2D eigenvalue weighted by molar-refractivity contribution is -0.123. The zero-order valence-corrected chi connectivity index (χ0v) is 15.6. The van der Waals surface area contributed by atoms with Gasteiger partial charge in [0, 0.05) is 49.8 Å². The van der Waals surface area contributed by atoms with E-state index in [0.717, 1.165) is 31.6 Å². The first-order chi connectivity index (χ1) is 12.5. The lowest BCUT2D eigenvalue weighted by Crippen LogP contribution is -2.41. The Morgan fingerprint density at radius 1 is 1.38 bits per heavy atom. The number of hydrogen-bond acceptors (Lipinski definition) is 6. The minimum Gasteiger partial charge on any atom is -0.351 e. The van der Waals surface area contributed by atoms with Crippen LogP contribution >= 0.6 is 0 Å². The molecule has 2 atom stereocenters. The van der Waals surface area contributed by atoms with Crippen molar-refractivity contribution in [3.63, 3.8) is 0 Å². The molecule has 1 aliphatic heterocycles. The maximum Gasteiger partial charge on any atom is 0.229 e. The zero-order valence-electron chi connectivity index (χ0n) is 15.6. The number of aromatic nitrogens is 4. The van der Waals surface area contributed by atoms with E-state index in [1.165, 1.54) is 0 Å². The van der Waals surface area contributed by atoms with Crippen molar-refractivity contribution in [1.82, 2.24) is 30.1 Å². The molecule has 3 heterocycles. The SMILES string of the molecule is CC(C)c1nc(CN2C[C@@H](NC(=O)C3CC3)[C@H](c3ccnn3C)C2)no1. The number of carbonyl (C=O) groups excluding carboxylic acids is 1. The summed E-state index contributed by atoms with van der Waals surface area (Å²) in [5.74, 6) is 2.20. The maximum absolute atomic E-state index is 12.3. The van der Waals surface area contributed by atoms with E-state index in [1.54, 1.807) is 0 Å². The molecular weight excluding hydrogens is 332 g/mol. The van der Waals surface area contributed by atoms with E-state index in [9.17, 15) is 4.79 Å². The van der Waals surface area contributed by atoms with Gasteiger partial charge in [0.1, 0.15) is 0 Å². The van der Waals surface area contributed by atoms with E-state index in [-0.39, 0.29) is 29.7 Å². The summed E-state index contributed by atoms with van der Waals surface area (Å²) in [5, 5.41) is 11.7. The van der Waals surface area contributed by atoms with Gasteiger partial charge in [-0.15, -0.1) is 0 Å². The molecule has 1 saturated carbocycles. The second kappa shape index (κ2) is 6.83. The van der Waals surface area contributed by atoms with E-state index >= 15 is 0 Å². The molecule has 26 heavy (non-hydrogen) atoms. The van der Waals surface area contributed by atoms with Crippen LogP contribution in [0.3, 0.4) is 0 Å². The average molecular weight is 358 g/mol. The third kappa shape index (κ3) is 3.51. The molecule has 4 rings (SSSR count). The molecule has 0 bridgehead atoms. The highest BCUT2D eigenvalue weighted by molar-refractivity contribution is 5.81. The first-order valence-electron chi connectivity index (χ1n) is 9.34. The Hall–Kier alpha value is -2.22. The fourth-order valence-electron chi connectivity index (χ4n) is 3.62. The molecule has 0 unspecified atom stereocenters. The third-order valence-corrected chi connectivity index (χ3v) is 5.25. The summed E-state index contributed by atoms with van der Waals surface area (Å²) in [7, 11) is 1.95. The Kier molecular flexibility index (Phi) is 4.52.